The first kappa shape index (κ1) is 13.9. The largest absolute Gasteiger partial charge is 0.451 e. The van der Waals surface area contributed by atoms with Crippen LogP contribution in [0, 0.1) is 0 Å². The van der Waals surface area contributed by atoms with Gasteiger partial charge in [0, 0.05) is 19.4 Å². The van der Waals surface area contributed by atoms with E-state index in [0.29, 0.717) is 5.69 Å². The summed E-state index contributed by atoms with van der Waals surface area (Å²) in [6, 6.07) is 4.35. The van der Waals surface area contributed by atoms with E-state index < -0.39 is 17.9 Å². The predicted octanol–water partition coefficient (Wildman–Crippen LogP) is 2.17. The summed E-state index contributed by atoms with van der Waals surface area (Å²) >= 11 is 0. The van der Waals surface area contributed by atoms with Gasteiger partial charge in [-0.1, -0.05) is 0 Å². The second-order valence-electron chi connectivity index (χ2n) is 3.84. The molecule has 0 atom stereocenters. The molecule has 2 rings (SSSR count). The lowest BCUT2D eigenvalue weighted by molar-refractivity contribution is -0.145. The Kier molecular flexibility index (Phi) is 3.64. The second-order valence-corrected chi connectivity index (χ2v) is 3.84. The smallest absolute Gasteiger partial charge is 0.309 e. The molecule has 0 radical (unpaired) electrons. The molecular formula is C12H9F3N4O. The fraction of sp³-hybridized carbons (Fsp3) is 0.167. The number of amides is 1. The van der Waals surface area contributed by atoms with Crippen molar-refractivity contribution in [3.8, 4) is 0 Å². The lowest BCUT2D eigenvalue weighted by atomic mass is 10.3. The molecule has 0 fully saturated rings. The molecule has 0 bridgehead atoms. The zero-order valence-electron chi connectivity index (χ0n) is 10.3. The number of anilines is 1. The van der Waals surface area contributed by atoms with Crippen molar-refractivity contribution in [1.82, 2.24) is 15.0 Å². The Morgan fingerprint density at radius 1 is 1.25 bits per heavy atom. The van der Waals surface area contributed by atoms with Gasteiger partial charge in [-0.2, -0.15) is 13.2 Å². The van der Waals surface area contributed by atoms with Crippen molar-refractivity contribution >= 4 is 11.6 Å². The van der Waals surface area contributed by atoms with Gasteiger partial charge in [-0.05, 0) is 18.2 Å². The van der Waals surface area contributed by atoms with E-state index >= 15 is 0 Å². The summed E-state index contributed by atoms with van der Waals surface area (Å²) in [4.78, 5) is 23.4. The Hall–Kier alpha value is -2.51. The molecule has 5 nitrogen and oxygen atoms in total. The lowest BCUT2D eigenvalue weighted by Crippen LogP contribution is -2.28. The maximum atomic E-state index is 12.5. The lowest BCUT2D eigenvalue weighted by Gasteiger charge is -2.16. The van der Waals surface area contributed by atoms with Crippen LogP contribution in [0.1, 0.15) is 16.3 Å². The van der Waals surface area contributed by atoms with E-state index in [1.165, 1.54) is 19.4 Å². The quantitative estimate of drug-likeness (QED) is 0.847. The molecule has 2 aromatic heterocycles. The number of halogens is 3. The third-order valence-electron chi connectivity index (χ3n) is 2.47. The third kappa shape index (κ3) is 2.90. The molecule has 1 amide bonds. The number of alkyl halides is 3. The van der Waals surface area contributed by atoms with Gasteiger partial charge in [0.1, 0.15) is 5.69 Å². The average molecular weight is 282 g/mol. The fourth-order valence-electron chi connectivity index (χ4n) is 1.46. The number of hydrogen-bond donors (Lipinski definition) is 0. The van der Waals surface area contributed by atoms with Crippen LogP contribution in [-0.2, 0) is 6.18 Å². The number of carbonyl (C=O) groups is 1. The molecule has 0 N–H and O–H groups in total. The topological polar surface area (TPSA) is 59.0 Å². The van der Waals surface area contributed by atoms with Gasteiger partial charge in [-0.3, -0.25) is 9.78 Å². The van der Waals surface area contributed by atoms with Gasteiger partial charge in [0.05, 0.1) is 11.9 Å². The van der Waals surface area contributed by atoms with Crippen LogP contribution in [0.25, 0.3) is 0 Å². The van der Waals surface area contributed by atoms with Crippen molar-refractivity contribution in [3.05, 3.63) is 48.3 Å². The van der Waals surface area contributed by atoms with Crippen LogP contribution in [0.15, 0.2) is 36.8 Å². The van der Waals surface area contributed by atoms with E-state index in [-0.39, 0.29) is 5.69 Å². The molecule has 2 aromatic rings. The molecule has 0 aromatic carbocycles. The molecule has 0 unspecified atom stereocenters. The molecule has 104 valence electrons. The van der Waals surface area contributed by atoms with E-state index in [1.807, 2.05) is 0 Å². The third-order valence-corrected chi connectivity index (χ3v) is 2.47. The van der Waals surface area contributed by atoms with E-state index in [9.17, 15) is 18.0 Å². The fourth-order valence-corrected chi connectivity index (χ4v) is 1.46. The first-order chi connectivity index (χ1) is 9.39. The van der Waals surface area contributed by atoms with Crippen molar-refractivity contribution < 1.29 is 18.0 Å². The van der Waals surface area contributed by atoms with Crippen LogP contribution in [0.2, 0.25) is 0 Å². The number of hydrogen-bond acceptors (Lipinski definition) is 4. The van der Waals surface area contributed by atoms with Crippen LogP contribution in [-0.4, -0.2) is 27.9 Å². The molecule has 0 saturated carbocycles. The minimum Gasteiger partial charge on any atom is -0.309 e. The number of carbonyl (C=O) groups excluding carboxylic acids is 1. The monoisotopic (exact) mass is 282 g/mol. The maximum absolute atomic E-state index is 12.5. The standard InChI is InChI=1S/C12H9F3N4O/c1-19(8-3-2-5-16-7-8)10(20)9-4-6-17-11(18-9)12(13,14)15/h2-7H,1H3. The molecule has 0 aliphatic heterocycles. The summed E-state index contributed by atoms with van der Waals surface area (Å²) in [5.74, 6) is -2.02. The van der Waals surface area contributed by atoms with Crippen molar-refractivity contribution in [2.24, 2.45) is 0 Å². The SMILES string of the molecule is CN(C(=O)c1ccnc(C(F)(F)F)n1)c1cccnc1. The van der Waals surface area contributed by atoms with Gasteiger partial charge in [-0.25, -0.2) is 9.97 Å². The normalized spacial score (nSPS) is 11.2. The van der Waals surface area contributed by atoms with Crippen LogP contribution >= 0.6 is 0 Å². The van der Waals surface area contributed by atoms with Gasteiger partial charge < -0.3 is 4.90 Å². The van der Waals surface area contributed by atoms with Crippen LogP contribution in [0.4, 0.5) is 18.9 Å². The van der Waals surface area contributed by atoms with Crippen molar-refractivity contribution in [2.75, 3.05) is 11.9 Å². The number of nitrogens with zero attached hydrogens (tertiary/aromatic N) is 4. The first-order valence-electron chi connectivity index (χ1n) is 5.48. The number of pyridine rings is 1. The molecule has 0 aliphatic rings. The Labute approximate surface area is 112 Å². The molecule has 0 spiro atoms. The molecule has 0 aliphatic carbocycles. The van der Waals surface area contributed by atoms with Crippen molar-refractivity contribution in [2.45, 2.75) is 6.18 Å². The maximum Gasteiger partial charge on any atom is 0.451 e. The van der Waals surface area contributed by atoms with Gasteiger partial charge in [0.25, 0.3) is 5.91 Å². The van der Waals surface area contributed by atoms with Gasteiger partial charge in [0.2, 0.25) is 5.82 Å². The molecule has 0 saturated heterocycles. The Morgan fingerprint density at radius 3 is 2.60 bits per heavy atom. The predicted molar refractivity (Wildman–Crippen MR) is 64.0 cm³/mol. The highest BCUT2D eigenvalue weighted by atomic mass is 19.4. The molecule has 2 heterocycles. The van der Waals surface area contributed by atoms with Crippen molar-refractivity contribution in [1.29, 1.82) is 0 Å². The second kappa shape index (κ2) is 5.24. The van der Waals surface area contributed by atoms with E-state index in [2.05, 4.69) is 15.0 Å². The average Bonchev–Trinajstić information content (AvgIpc) is 2.46. The van der Waals surface area contributed by atoms with Crippen molar-refractivity contribution in [3.63, 3.8) is 0 Å². The summed E-state index contributed by atoms with van der Waals surface area (Å²) in [6.07, 6.45) is -0.846. The minimum absolute atomic E-state index is 0.335. The van der Waals surface area contributed by atoms with E-state index in [4.69, 9.17) is 0 Å². The number of aromatic nitrogens is 3. The Balaban J connectivity index is 2.30. The highest BCUT2D eigenvalue weighted by Gasteiger charge is 2.35. The summed E-state index contributed by atoms with van der Waals surface area (Å²) in [7, 11) is 1.43. The van der Waals surface area contributed by atoms with E-state index in [0.717, 1.165) is 17.2 Å². The van der Waals surface area contributed by atoms with Crippen LogP contribution in [0.5, 0.6) is 0 Å². The summed E-state index contributed by atoms with van der Waals surface area (Å²) < 4.78 is 37.5. The minimum atomic E-state index is -4.69. The van der Waals surface area contributed by atoms with Crippen LogP contribution < -0.4 is 4.90 Å². The van der Waals surface area contributed by atoms with Crippen LogP contribution in [0.3, 0.4) is 0 Å². The molecule has 20 heavy (non-hydrogen) atoms. The van der Waals surface area contributed by atoms with E-state index in [1.54, 1.807) is 12.1 Å². The summed E-state index contributed by atoms with van der Waals surface area (Å²) in [6.45, 7) is 0. The van der Waals surface area contributed by atoms with Gasteiger partial charge in [0.15, 0.2) is 0 Å². The van der Waals surface area contributed by atoms with Gasteiger partial charge in [-0.15, -0.1) is 0 Å². The Morgan fingerprint density at radius 2 is 2.00 bits per heavy atom. The summed E-state index contributed by atoms with van der Waals surface area (Å²) in [5.41, 5.74) is 0.114. The highest BCUT2D eigenvalue weighted by Crippen LogP contribution is 2.25. The highest BCUT2D eigenvalue weighted by molar-refractivity contribution is 6.04. The number of rotatable bonds is 2. The molecule has 8 heteroatoms. The Bertz CT molecular complexity index is 616. The first-order valence-corrected chi connectivity index (χ1v) is 5.48. The zero-order valence-corrected chi connectivity index (χ0v) is 10.3. The zero-order chi connectivity index (χ0) is 14.8. The molecular weight excluding hydrogens is 273 g/mol. The summed E-state index contributed by atoms with van der Waals surface area (Å²) in [5, 5.41) is 0. The van der Waals surface area contributed by atoms with Gasteiger partial charge >= 0.3 is 6.18 Å².